The van der Waals surface area contributed by atoms with Crippen LogP contribution in [0.5, 0.6) is 0 Å². The van der Waals surface area contributed by atoms with Crippen molar-refractivity contribution < 1.29 is 0 Å². The van der Waals surface area contributed by atoms with Crippen LogP contribution in [0.25, 0.3) is 0 Å². The van der Waals surface area contributed by atoms with Crippen molar-refractivity contribution in [3.05, 3.63) is 0 Å². The SMILES string of the molecule is CC(C)(C)N1C2C3CCC2C2CCC3N21. The Kier molecular flexibility index (Phi) is 1.46. The van der Waals surface area contributed by atoms with E-state index in [2.05, 4.69) is 30.8 Å². The highest BCUT2D eigenvalue weighted by Gasteiger charge is 2.68. The van der Waals surface area contributed by atoms with Gasteiger partial charge in [-0.15, -0.1) is 0 Å². The van der Waals surface area contributed by atoms with Gasteiger partial charge in [-0.3, -0.25) is 0 Å². The topological polar surface area (TPSA) is 6.48 Å². The van der Waals surface area contributed by atoms with Crippen molar-refractivity contribution in [2.24, 2.45) is 11.8 Å². The highest BCUT2D eigenvalue weighted by atomic mass is 15.7. The Morgan fingerprint density at radius 2 is 1.40 bits per heavy atom. The molecule has 1 aliphatic carbocycles. The fraction of sp³-hybridized carbons (Fsp3) is 1.00. The van der Waals surface area contributed by atoms with Gasteiger partial charge < -0.3 is 0 Å². The number of fused-ring (bicyclic) bond motifs is 2. The molecular formula is C13H22N2. The summed E-state index contributed by atoms with van der Waals surface area (Å²) < 4.78 is 0. The predicted octanol–water partition coefficient (Wildman–Crippen LogP) is 2.26. The molecule has 3 heterocycles. The van der Waals surface area contributed by atoms with Gasteiger partial charge >= 0.3 is 0 Å². The Morgan fingerprint density at radius 3 is 1.87 bits per heavy atom. The van der Waals surface area contributed by atoms with Crippen LogP contribution in [0.2, 0.25) is 0 Å². The van der Waals surface area contributed by atoms with Crippen LogP contribution in [0.1, 0.15) is 46.5 Å². The smallest absolute Gasteiger partial charge is 0.0339 e. The Bertz CT molecular complexity index is 262. The van der Waals surface area contributed by atoms with Gasteiger partial charge in [-0.25, -0.2) is 10.0 Å². The lowest BCUT2D eigenvalue weighted by atomic mass is 9.90. The molecule has 84 valence electrons. The lowest BCUT2D eigenvalue weighted by molar-refractivity contribution is -0.0529. The van der Waals surface area contributed by atoms with E-state index in [1.54, 1.807) is 0 Å². The lowest BCUT2D eigenvalue weighted by Gasteiger charge is -2.38. The molecule has 0 aromatic rings. The van der Waals surface area contributed by atoms with Crippen LogP contribution in [0.4, 0.5) is 0 Å². The molecule has 0 amide bonds. The Hall–Kier alpha value is -0.0800. The number of rotatable bonds is 0. The van der Waals surface area contributed by atoms with Crippen molar-refractivity contribution in [3.8, 4) is 0 Å². The van der Waals surface area contributed by atoms with Crippen molar-refractivity contribution >= 4 is 0 Å². The van der Waals surface area contributed by atoms with Crippen LogP contribution in [-0.2, 0) is 0 Å². The van der Waals surface area contributed by atoms with Gasteiger partial charge in [0.1, 0.15) is 0 Å². The minimum Gasteiger partial charge on any atom is -0.234 e. The summed E-state index contributed by atoms with van der Waals surface area (Å²) in [5.41, 5.74) is 0.347. The van der Waals surface area contributed by atoms with Gasteiger partial charge in [0, 0.05) is 23.7 Å². The van der Waals surface area contributed by atoms with E-state index >= 15 is 0 Å². The van der Waals surface area contributed by atoms with E-state index in [-0.39, 0.29) is 0 Å². The van der Waals surface area contributed by atoms with Crippen LogP contribution >= 0.6 is 0 Å². The third-order valence-corrected chi connectivity index (χ3v) is 5.36. The molecule has 4 rings (SSSR count). The first kappa shape index (κ1) is 9.00. The predicted molar refractivity (Wildman–Crippen MR) is 60.2 cm³/mol. The second-order valence-corrected chi connectivity index (χ2v) is 7.00. The second kappa shape index (κ2) is 2.43. The molecule has 15 heavy (non-hydrogen) atoms. The van der Waals surface area contributed by atoms with E-state index in [1.807, 2.05) is 0 Å². The molecule has 4 unspecified atom stereocenters. The average Bonchev–Trinajstić information content (AvgIpc) is 2.60. The van der Waals surface area contributed by atoms with Gasteiger partial charge in [0.15, 0.2) is 0 Å². The van der Waals surface area contributed by atoms with Crippen molar-refractivity contribution in [2.75, 3.05) is 0 Å². The maximum absolute atomic E-state index is 2.81. The van der Waals surface area contributed by atoms with Gasteiger partial charge in [-0.05, 0) is 58.3 Å². The molecule has 4 aliphatic rings. The fourth-order valence-corrected chi connectivity index (χ4v) is 5.19. The summed E-state index contributed by atoms with van der Waals surface area (Å²) in [6.07, 6.45) is 5.99. The third-order valence-electron chi connectivity index (χ3n) is 5.36. The molecule has 0 N–H and O–H groups in total. The molecule has 2 nitrogen and oxygen atoms in total. The molecule has 3 saturated heterocycles. The Balaban J connectivity index is 1.82. The van der Waals surface area contributed by atoms with Gasteiger partial charge in [-0.2, -0.15) is 0 Å². The van der Waals surface area contributed by atoms with Crippen LogP contribution in [0.15, 0.2) is 0 Å². The molecule has 4 fully saturated rings. The zero-order valence-corrected chi connectivity index (χ0v) is 10.1. The first-order valence-electron chi connectivity index (χ1n) is 6.66. The minimum absolute atomic E-state index is 0.347. The molecule has 1 saturated carbocycles. The normalized spacial score (nSPS) is 53.4. The van der Waals surface area contributed by atoms with E-state index in [0.717, 1.165) is 30.0 Å². The zero-order valence-electron chi connectivity index (χ0n) is 10.1. The number of piperidine rings is 1. The van der Waals surface area contributed by atoms with E-state index in [4.69, 9.17) is 0 Å². The second-order valence-electron chi connectivity index (χ2n) is 7.00. The van der Waals surface area contributed by atoms with E-state index in [9.17, 15) is 0 Å². The number of hydrogen-bond acceptors (Lipinski definition) is 2. The van der Waals surface area contributed by atoms with Crippen LogP contribution in [0.3, 0.4) is 0 Å². The number of hydrogen-bond donors (Lipinski definition) is 0. The van der Waals surface area contributed by atoms with Crippen molar-refractivity contribution in [1.29, 1.82) is 0 Å². The Labute approximate surface area is 92.6 Å². The summed E-state index contributed by atoms with van der Waals surface area (Å²) in [5.74, 6) is 2.04. The van der Waals surface area contributed by atoms with E-state index < -0.39 is 0 Å². The Morgan fingerprint density at radius 1 is 0.867 bits per heavy atom. The quantitative estimate of drug-likeness (QED) is 0.600. The molecule has 0 spiro atoms. The van der Waals surface area contributed by atoms with Gasteiger partial charge in [-0.1, -0.05) is 0 Å². The van der Waals surface area contributed by atoms with Crippen molar-refractivity contribution in [3.63, 3.8) is 0 Å². The van der Waals surface area contributed by atoms with Crippen LogP contribution < -0.4 is 0 Å². The first-order chi connectivity index (χ1) is 7.09. The molecule has 0 aromatic carbocycles. The highest BCUT2D eigenvalue weighted by molar-refractivity contribution is 5.18. The molecule has 0 aromatic heterocycles. The molecule has 0 radical (unpaired) electrons. The highest BCUT2D eigenvalue weighted by Crippen LogP contribution is 2.61. The summed E-state index contributed by atoms with van der Waals surface area (Å²) in [6.45, 7) is 7.17. The molecule has 3 aliphatic heterocycles. The molecular weight excluding hydrogens is 184 g/mol. The summed E-state index contributed by atoms with van der Waals surface area (Å²) in [5, 5.41) is 5.59. The lowest BCUT2D eigenvalue weighted by Crippen LogP contribution is -2.49. The van der Waals surface area contributed by atoms with Crippen molar-refractivity contribution in [1.82, 2.24) is 10.0 Å². The number of nitrogens with zero attached hydrogens (tertiary/aromatic N) is 2. The molecule has 2 bridgehead atoms. The fourth-order valence-electron chi connectivity index (χ4n) is 5.19. The molecule has 2 heteroatoms. The summed E-state index contributed by atoms with van der Waals surface area (Å²) in [6, 6.07) is 2.78. The zero-order chi connectivity index (χ0) is 10.4. The van der Waals surface area contributed by atoms with E-state index in [1.165, 1.54) is 25.7 Å². The largest absolute Gasteiger partial charge is 0.234 e. The molecule has 4 atom stereocenters. The maximum Gasteiger partial charge on any atom is 0.0339 e. The summed E-state index contributed by atoms with van der Waals surface area (Å²) in [7, 11) is 0. The van der Waals surface area contributed by atoms with Gasteiger partial charge in [0.05, 0.1) is 0 Å². The summed E-state index contributed by atoms with van der Waals surface area (Å²) in [4.78, 5) is 0. The average molecular weight is 206 g/mol. The minimum atomic E-state index is 0.347. The maximum atomic E-state index is 2.81. The van der Waals surface area contributed by atoms with E-state index in [0.29, 0.717) is 5.54 Å². The van der Waals surface area contributed by atoms with Crippen molar-refractivity contribution in [2.45, 2.75) is 70.1 Å². The van der Waals surface area contributed by atoms with Crippen LogP contribution in [0, 0.1) is 11.8 Å². The monoisotopic (exact) mass is 206 g/mol. The van der Waals surface area contributed by atoms with Crippen LogP contribution in [-0.4, -0.2) is 33.7 Å². The third kappa shape index (κ3) is 0.861. The van der Waals surface area contributed by atoms with Gasteiger partial charge in [0.2, 0.25) is 0 Å². The number of hydrazine groups is 1. The van der Waals surface area contributed by atoms with Gasteiger partial charge in [0.25, 0.3) is 0 Å². The first-order valence-corrected chi connectivity index (χ1v) is 6.66. The summed E-state index contributed by atoms with van der Waals surface area (Å²) >= 11 is 0. The standard InChI is InChI=1S/C13H22N2/c1-13(2,3)15-12-8-4-5-9(12)11-7-6-10(8)14(11)15/h8-12H,4-7H2,1-3H3.